The Hall–Kier alpha value is -2.25. The Morgan fingerprint density at radius 2 is 1.87 bits per heavy atom. The van der Waals surface area contributed by atoms with Gasteiger partial charge in [-0.15, -0.1) is 0 Å². The van der Waals surface area contributed by atoms with Crippen LogP contribution in [0.15, 0.2) is 52.0 Å². The van der Waals surface area contributed by atoms with Gasteiger partial charge in [0.1, 0.15) is 10.4 Å². The lowest BCUT2D eigenvalue weighted by Crippen LogP contribution is -2.27. The van der Waals surface area contributed by atoms with Crippen molar-refractivity contribution in [2.45, 2.75) is 31.2 Å². The zero-order valence-corrected chi connectivity index (χ0v) is 13.7. The van der Waals surface area contributed by atoms with Gasteiger partial charge in [0.2, 0.25) is 10.0 Å². The molecule has 0 saturated carbocycles. The fourth-order valence-corrected chi connectivity index (χ4v) is 3.79. The standard InChI is InChI=1S/C16H17N3O3S/c1-3-12-7-9-13(10-8-12)11(2)19-23(20,21)15-6-4-5-14-16(15)18-22-17-14/h4-11,19H,3H2,1-2H3/t11-/m1/s1. The van der Waals surface area contributed by atoms with Crippen molar-refractivity contribution in [1.82, 2.24) is 15.0 Å². The topological polar surface area (TPSA) is 85.1 Å². The van der Waals surface area contributed by atoms with Crippen LogP contribution >= 0.6 is 0 Å². The lowest BCUT2D eigenvalue weighted by atomic mass is 10.1. The first kappa shape index (κ1) is 15.6. The Kier molecular flexibility index (Phi) is 4.14. The second-order valence-corrected chi connectivity index (χ2v) is 7.01. The number of hydrogen-bond acceptors (Lipinski definition) is 5. The lowest BCUT2D eigenvalue weighted by molar-refractivity contribution is 0.315. The third kappa shape index (κ3) is 3.11. The molecule has 6 nitrogen and oxygen atoms in total. The number of fused-ring (bicyclic) bond motifs is 1. The molecule has 3 aromatic rings. The molecular weight excluding hydrogens is 314 g/mol. The molecule has 23 heavy (non-hydrogen) atoms. The zero-order chi connectivity index (χ0) is 16.4. The first-order chi connectivity index (χ1) is 11.0. The number of aryl methyl sites for hydroxylation is 1. The van der Waals surface area contributed by atoms with Crippen LogP contribution in [-0.2, 0) is 16.4 Å². The maximum atomic E-state index is 12.6. The van der Waals surface area contributed by atoms with Crippen LogP contribution in [0.4, 0.5) is 0 Å². The average Bonchev–Trinajstić information content (AvgIpc) is 3.02. The highest BCUT2D eigenvalue weighted by Gasteiger charge is 2.22. The third-order valence-electron chi connectivity index (χ3n) is 3.76. The lowest BCUT2D eigenvalue weighted by Gasteiger charge is -2.15. The van der Waals surface area contributed by atoms with E-state index in [1.54, 1.807) is 19.1 Å². The Bertz CT molecular complexity index is 917. The third-order valence-corrected chi connectivity index (χ3v) is 5.33. The Morgan fingerprint density at radius 1 is 1.13 bits per heavy atom. The molecule has 0 radical (unpaired) electrons. The molecule has 0 bridgehead atoms. The van der Waals surface area contributed by atoms with Crippen LogP contribution in [0.3, 0.4) is 0 Å². The highest BCUT2D eigenvalue weighted by molar-refractivity contribution is 7.89. The summed E-state index contributed by atoms with van der Waals surface area (Å²) in [5.41, 5.74) is 2.75. The summed E-state index contributed by atoms with van der Waals surface area (Å²) in [6.07, 6.45) is 0.946. The molecule has 2 aromatic carbocycles. The van der Waals surface area contributed by atoms with Gasteiger partial charge in [0.05, 0.1) is 0 Å². The second-order valence-electron chi connectivity index (χ2n) is 5.33. The molecule has 1 N–H and O–H groups in total. The van der Waals surface area contributed by atoms with Crippen LogP contribution in [0, 0.1) is 0 Å². The fraction of sp³-hybridized carbons (Fsp3) is 0.250. The van der Waals surface area contributed by atoms with Crippen LogP contribution < -0.4 is 4.72 Å². The SMILES string of the molecule is CCc1ccc([C@@H](C)NS(=O)(=O)c2cccc3nonc23)cc1. The van der Waals surface area contributed by atoms with E-state index in [-0.39, 0.29) is 16.5 Å². The number of nitrogens with one attached hydrogen (secondary N) is 1. The molecule has 0 aliphatic carbocycles. The minimum atomic E-state index is -3.73. The number of rotatable bonds is 5. The number of aromatic nitrogens is 2. The molecule has 0 saturated heterocycles. The average molecular weight is 331 g/mol. The van der Waals surface area contributed by atoms with E-state index in [1.807, 2.05) is 24.3 Å². The zero-order valence-electron chi connectivity index (χ0n) is 12.9. The fourth-order valence-electron chi connectivity index (χ4n) is 2.40. The van der Waals surface area contributed by atoms with Gasteiger partial charge in [-0.05, 0) is 46.9 Å². The Balaban J connectivity index is 1.89. The summed E-state index contributed by atoms with van der Waals surface area (Å²) in [5, 5.41) is 7.35. The minimum Gasteiger partial charge on any atom is -0.243 e. The Morgan fingerprint density at radius 3 is 2.57 bits per heavy atom. The van der Waals surface area contributed by atoms with Crippen LogP contribution in [0.5, 0.6) is 0 Å². The summed E-state index contributed by atoms with van der Waals surface area (Å²) in [6.45, 7) is 3.88. The molecule has 0 spiro atoms. The van der Waals surface area contributed by atoms with Crippen molar-refractivity contribution in [2.24, 2.45) is 0 Å². The molecule has 1 heterocycles. The predicted molar refractivity (Wildman–Crippen MR) is 86.4 cm³/mol. The summed E-state index contributed by atoms with van der Waals surface area (Å²) >= 11 is 0. The predicted octanol–water partition coefficient (Wildman–Crippen LogP) is 2.82. The largest absolute Gasteiger partial charge is 0.243 e. The monoisotopic (exact) mass is 331 g/mol. The van der Waals surface area contributed by atoms with E-state index in [1.165, 1.54) is 11.6 Å². The number of hydrogen-bond donors (Lipinski definition) is 1. The normalized spacial score (nSPS) is 13.3. The molecule has 1 aromatic heterocycles. The summed E-state index contributed by atoms with van der Waals surface area (Å²) in [7, 11) is -3.73. The van der Waals surface area contributed by atoms with Crippen molar-refractivity contribution in [2.75, 3.05) is 0 Å². The molecule has 0 aliphatic rings. The Labute approximate surface area is 134 Å². The van der Waals surface area contributed by atoms with E-state index in [0.29, 0.717) is 5.52 Å². The highest BCUT2D eigenvalue weighted by Crippen LogP contribution is 2.22. The van der Waals surface area contributed by atoms with Gasteiger partial charge in [-0.3, -0.25) is 0 Å². The summed E-state index contributed by atoms with van der Waals surface area (Å²) < 4.78 is 32.6. The second kappa shape index (κ2) is 6.10. The summed E-state index contributed by atoms with van der Waals surface area (Å²) in [4.78, 5) is 0.0632. The molecule has 0 amide bonds. The molecule has 0 unspecified atom stereocenters. The highest BCUT2D eigenvalue weighted by atomic mass is 32.2. The molecule has 120 valence electrons. The van der Waals surface area contributed by atoms with Crippen LogP contribution in [-0.4, -0.2) is 18.7 Å². The van der Waals surface area contributed by atoms with Gasteiger partial charge in [-0.1, -0.05) is 37.3 Å². The van der Waals surface area contributed by atoms with Crippen molar-refractivity contribution >= 4 is 21.1 Å². The van der Waals surface area contributed by atoms with Crippen molar-refractivity contribution in [3.05, 3.63) is 53.6 Å². The minimum absolute atomic E-state index is 0.0632. The smallest absolute Gasteiger partial charge is 0.243 e. The molecular formula is C16H17N3O3S. The van der Waals surface area contributed by atoms with Crippen molar-refractivity contribution in [3.8, 4) is 0 Å². The maximum Gasteiger partial charge on any atom is 0.243 e. The van der Waals surface area contributed by atoms with E-state index in [2.05, 4.69) is 26.6 Å². The molecule has 3 rings (SSSR count). The molecule has 0 fully saturated rings. The first-order valence-electron chi connectivity index (χ1n) is 7.33. The van der Waals surface area contributed by atoms with E-state index in [0.717, 1.165) is 12.0 Å². The summed E-state index contributed by atoms with van der Waals surface area (Å²) in [6, 6.07) is 12.3. The maximum absolute atomic E-state index is 12.6. The first-order valence-corrected chi connectivity index (χ1v) is 8.82. The van der Waals surface area contributed by atoms with Crippen molar-refractivity contribution in [3.63, 3.8) is 0 Å². The molecule has 1 atom stereocenters. The van der Waals surface area contributed by atoms with Crippen LogP contribution in [0.25, 0.3) is 11.0 Å². The molecule has 7 heteroatoms. The van der Waals surface area contributed by atoms with E-state index >= 15 is 0 Å². The van der Waals surface area contributed by atoms with Gasteiger partial charge in [-0.25, -0.2) is 17.8 Å². The van der Waals surface area contributed by atoms with Crippen molar-refractivity contribution in [1.29, 1.82) is 0 Å². The van der Waals surface area contributed by atoms with Gasteiger partial charge in [0, 0.05) is 6.04 Å². The van der Waals surface area contributed by atoms with Crippen LogP contribution in [0.2, 0.25) is 0 Å². The van der Waals surface area contributed by atoms with E-state index < -0.39 is 10.0 Å². The van der Waals surface area contributed by atoms with Gasteiger partial charge in [-0.2, -0.15) is 0 Å². The van der Waals surface area contributed by atoms with Gasteiger partial charge in [0.25, 0.3) is 0 Å². The van der Waals surface area contributed by atoms with Crippen molar-refractivity contribution < 1.29 is 13.0 Å². The van der Waals surface area contributed by atoms with E-state index in [4.69, 9.17) is 0 Å². The van der Waals surface area contributed by atoms with E-state index in [9.17, 15) is 8.42 Å². The quantitative estimate of drug-likeness (QED) is 0.777. The molecule has 0 aliphatic heterocycles. The number of sulfonamides is 1. The number of benzene rings is 2. The van der Waals surface area contributed by atoms with Gasteiger partial charge >= 0.3 is 0 Å². The van der Waals surface area contributed by atoms with Crippen LogP contribution in [0.1, 0.15) is 31.0 Å². The number of nitrogens with zero attached hydrogens (tertiary/aromatic N) is 2. The summed E-state index contributed by atoms with van der Waals surface area (Å²) in [5.74, 6) is 0. The van der Waals surface area contributed by atoms with Gasteiger partial charge in [0.15, 0.2) is 5.52 Å². The van der Waals surface area contributed by atoms with Gasteiger partial charge < -0.3 is 0 Å².